The summed E-state index contributed by atoms with van der Waals surface area (Å²) in [4.78, 5) is 0. The van der Waals surface area contributed by atoms with E-state index in [1.807, 2.05) is 12.1 Å². The zero-order chi connectivity index (χ0) is 9.97. The van der Waals surface area contributed by atoms with Crippen molar-refractivity contribution in [2.45, 2.75) is 6.04 Å². The van der Waals surface area contributed by atoms with Crippen molar-refractivity contribution in [3.8, 4) is 5.75 Å². The molecule has 3 nitrogen and oxygen atoms in total. The number of benzene rings is 1. The molecular formula is C10H13Cl2NO2. The molecule has 0 saturated carbocycles. The summed E-state index contributed by atoms with van der Waals surface area (Å²) < 4.78 is 5.31. The average Bonchev–Trinajstić information content (AvgIpc) is 2.23. The van der Waals surface area contributed by atoms with E-state index in [2.05, 4.69) is 5.32 Å². The summed E-state index contributed by atoms with van der Waals surface area (Å²) >= 11 is 5.81. The lowest BCUT2D eigenvalue weighted by Crippen LogP contribution is -2.34. The molecule has 2 rings (SSSR count). The van der Waals surface area contributed by atoms with Crippen molar-refractivity contribution in [3.05, 3.63) is 28.8 Å². The molecule has 1 aromatic rings. The normalized spacial score (nSPS) is 20.7. The van der Waals surface area contributed by atoms with E-state index in [0.29, 0.717) is 11.6 Å². The number of hydrogen-bond donors (Lipinski definition) is 2. The molecule has 1 aromatic carbocycles. The molecule has 1 atom stereocenters. The van der Waals surface area contributed by atoms with E-state index in [1.54, 1.807) is 6.07 Å². The molecule has 0 bridgehead atoms. The van der Waals surface area contributed by atoms with E-state index in [-0.39, 0.29) is 24.2 Å². The Morgan fingerprint density at radius 3 is 2.93 bits per heavy atom. The molecule has 1 saturated heterocycles. The van der Waals surface area contributed by atoms with E-state index >= 15 is 0 Å². The number of phenols is 1. The van der Waals surface area contributed by atoms with Gasteiger partial charge in [0.1, 0.15) is 5.75 Å². The van der Waals surface area contributed by atoms with Gasteiger partial charge in [-0.25, -0.2) is 0 Å². The van der Waals surface area contributed by atoms with Crippen LogP contribution in [0.5, 0.6) is 5.75 Å². The fourth-order valence-corrected chi connectivity index (χ4v) is 1.76. The maximum atomic E-state index is 9.72. The highest BCUT2D eigenvalue weighted by molar-refractivity contribution is 6.32. The molecule has 84 valence electrons. The Morgan fingerprint density at radius 1 is 1.47 bits per heavy atom. The Labute approximate surface area is 99.8 Å². The van der Waals surface area contributed by atoms with Crippen molar-refractivity contribution in [2.24, 2.45) is 0 Å². The minimum Gasteiger partial charge on any atom is -0.506 e. The minimum absolute atomic E-state index is 0. The number of aromatic hydroxyl groups is 1. The van der Waals surface area contributed by atoms with E-state index < -0.39 is 0 Å². The first kappa shape index (κ1) is 12.6. The van der Waals surface area contributed by atoms with Crippen LogP contribution in [0.1, 0.15) is 11.6 Å². The van der Waals surface area contributed by atoms with E-state index in [4.69, 9.17) is 16.3 Å². The summed E-state index contributed by atoms with van der Waals surface area (Å²) in [7, 11) is 0. The van der Waals surface area contributed by atoms with Gasteiger partial charge in [0.2, 0.25) is 0 Å². The Morgan fingerprint density at radius 2 is 2.27 bits per heavy atom. The Kier molecular flexibility index (Phi) is 4.67. The molecule has 1 heterocycles. The number of nitrogens with one attached hydrogen (secondary N) is 1. The topological polar surface area (TPSA) is 41.5 Å². The zero-order valence-electron chi connectivity index (χ0n) is 8.07. The summed E-state index contributed by atoms with van der Waals surface area (Å²) in [6, 6.07) is 5.40. The molecule has 15 heavy (non-hydrogen) atoms. The maximum absolute atomic E-state index is 9.72. The summed E-state index contributed by atoms with van der Waals surface area (Å²) in [5.41, 5.74) is 0.803. The molecular weight excluding hydrogens is 237 g/mol. The van der Waals surface area contributed by atoms with Gasteiger partial charge in [0.15, 0.2) is 0 Å². The fraction of sp³-hybridized carbons (Fsp3) is 0.400. The van der Waals surface area contributed by atoms with Crippen LogP contribution in [0.4, 0.5) is 0 Å². The lowest BCUT2D eigenvalue weighted by atomic mass is 10.1. The highest BCUT2D eigenvalue weighted by Crippen LogP contribution is 2.31. The van der Waals surface area contributed by atoms with Crippen molar-refractivity contribution in [2.75, 3.05) is 19.8 Å². The van der Waals surface area contributed by atoms with Crippen LogP contribution in [-0.2, 0) is 4.74 Å². The van der Waals surface area contributed by atoms with E-state index in [1.165, 1.54) is 0 Å². The molecule has 0 spiro atoms. The lowest BCUT2D eigenvalue weighted by molar-refractivity contribution is 0.0761. The van der Waals surface area contributed by atoms with Gasteiger partial charge in [0.05, 0.1) is 24.3 Å². The maximum Gasteiger partial charge on any atom is 0.139 e. The smallest absolute Gasteiger partial charge is 0.139 e. The first-order valence-electron chi connectivity index (χ1n) is 4.57. The van der Waals surface area contributed by atoms with Gasteiger partial charge in [-0.15, -0.1) is 12.4 Å². The highest BCUT2D eigenvalue weighted by atomic mass is 35.5. The molecule has 0 aromatic heterocycles. The summed E-state index contributed by atoms with van der Waals surface area (Å²) in [5.74, 6) is 0.150. The quantitative estimate of drug-likeness (QED) is 0.802. The largest absolute Gasteiger partial charge is 0.506 e. The van der Waals surface area contributed by atoms with Crippen LogP contribution in [0.2, 0.25) is 5.02 Å². The molecule has 1 aliphatic rings. The molecule has 1 aliphatic heterocycles. The molecule has 0 aliphatic carbocycles. The van der Waals surface area contributed by atoms with Crippen LogP contribution >= 0.6 is 24.0 Å². The van der Waals surface area contributed by atoms with E-state index in [0.717, 1.165) is 18.7 Å². The lowest BCUT2D eigenvalue weighted by Gasteiger charge is -2.24. The van der Waals surface area contributed by atoms with Crippen molar-refractivity contribution in [1.82, 2.24) is 5.32 Å². The van der Waals surface area contributed by atoms with Gasteiger partial charge in [-0.3, -0.25) is 0 Å². The molecule has 0 radical (unpaired) electrons. The van der Waals surface area contributed by atoms with Crippen LogP contribution in [0.3, 0.4) is 0 Å². The zero-order valence-corrected chi connectivity index (χ0v) is 9.64. The Bertz CT molecular complexity index is 327. The van der Waals surface area contributed by atoms with Gasteiger partial charge < -0.3 is 15.2 Å². The van der Waals surface area contributed by atoms with Gasteiger partial charge in [0, 0.05) is 12.1 Å². The van der Waals surface area contributed by atoms with Crippen LogP contribution in [-0.4, -0.2) is 24.9 Å². The Hall–Kier alpha value is -0.480. The number of rotatable bonds is 1. The van der Waals surface area contributed by atoms with Crippen LogP contribution in [0, 0.1) is 0 Å². The van der Waals surface area contributed by atoms with Crippen LogP contribution in [0.15, 0.2) is 18.2 Å². The molecule has 0 unspecified atom stereocenters. The fourth-order valence-electron chi connectivity index (χ4n) is 1.58. The third-order valence-corrected chi connectivity index (χ3v) is 2.62. The van der Waals surface area contributed by atoms with Gasteiger partial charge in [-0.1, -0.05) is 23.7 Å². The predicted molar refractivity (Wildman–Crippen MR) is 61.9 cm³/mol. The van der Waals surface area contributed by atoms with Gasteiger partial charge >= 0.3 is 0 Å². The Balaban J connectivity index is 0.00000112. The summed E-state index contributed by atoms with van der Waals surface area (Å²) in [5, 5.41) is 13.4. The number of para-hydroxylation sites is 1. The van der Waals surface area contributed by atoms with Crippen LogP contribution in [0.25, 0.3) is 0 Å². The summed E-state index contributed by atoms with van der Waals surface area (Å²) in [6.45, 7) is 2.10. The van der Waals surface area contributed by atoms with Gasteiger partial charge in [0.25, 0.3) is 0 Å². The van der Waals surface area contributed by atoms with Crippen molar-refractivity contribution in [3.63, 3.8) is 0 Å². The predicted octanol–water partition coefficient (Wildman–Crippen LogP) is 2.13. The molecule has 5 heteroatoms. The van der Waals surface area contributed by atoms with Crippen molar-refractivity contribution < 1.29 is 9.84 Å². The molecule has 0 amide bonds. The third kappa shape index (κ3) is 2.75. The standard InChI is InChI=1S/C10H12ClNO2.ClH/c11-8-3-1-2-7(10(8)13)9-6-14-5-4-12-9;/h1-3,9,12-13H,4-6H2;1H/t9-;/m1./s1. The van der Waals surface area contributed by atoms with Gasteiger partial charge in [-0.2, -0.15) is 0 Å². The third-order valence-electron chi connectivity index (χ3n) is 2.32. The van der Waals surface area contributed by atoms with Crippen molar-refractivity contribution >= 4 is 24.0 Å². The number of phenolic OH excluding ortho intramolecular Hbond substituents is 1. The second-order valence-corrected chi connectivity index (χ2v) is 3.67. The molecule has 2 N–H and O–H groups in total. The summed E-state index contributed by atoms with van der Waals surface area (Å²) in [6.07, 6.45) is 0. The number of halogens is 2. The second-order valence-electron chi connectivity index (χ2n) is 3.26. The monoisotopic (exact) mass is 249 g/mol. The highest BCUT2D eigenvalue weighted by Gasteiger charge is 2.19. The number of morpholine rings is 1. The van der Waals surface area contributed by atoms with E-state index in [9.17, 15) is 5.11 Å². The van der Waals surface area contributed by atoms with Crippen molar-refractivity contribution in [1.29, 1.82) is 0 Å². The SMILES string of the molecule is Cl.Oc1c(Cl)cccc1[C@H]1COCCN1. The molecule has 1 fully saturated rings. The number of hydrogen-bond acceptors (Lipinski definition) is 3. The van der Waals surface area contributed by atoms with Crippen LogP contribution < -0.4 is 5.32 Å². The first-order valence-corrected chi connectivity index (χ1v) is 4.95. The average molecular weight is 250 g/mol. The minimum atomic E-state index is 0. The number of ether oxygens (including phenoxy) is 1. The van der Waals surface area contributed by atoms with Gasteiger partial charge in [-0.05, 0) is 6.07 Å². The first-order chi connectivity index (χ1) is 6.79. The second kappa shape index (κ2) is 5.56.